The Morgan fingerprint density at radius 1 is 1.53 bits per heavy atom. The Balaban J connectivity index is 2.29. The third-order valence-electron chi connectivity index (χ3n) is 3.26. The van der Waals surface area contributed by atoms with Crippen molar-refractivity contribution in [2.45, 2.75) is 31.9 Å². The lowest BCUT2D eigenvalue weighted by atomic mass is 10.00. The highest BCUT2D eigenvalue weighted by Gasteiger charge is 2.24. The highest BCUT2D eigenvalue weighted by atomic mass is 16.5. The van der Waals surface area contributed by atoms with Gasteiger partial charge in [0, 0.05) is 23.6 Å². The molecule has 0 saturated carbocycles. The molecule has 1 aliphatic rings. The molecule has 2 rings (SSSR count). The summed E-state index contributed by atoms with van der Waals surface area (Å²) in [5.41, 5.74) is 7.91. The second kappa shape index (κ2) is 5.48. The van der Waals surface area contributed by atoms with Gasteiger partial charge < -0.3 is 19.9 Å². The average Bonchev–Trinajstić information content (AvgIpc) is 2.75. The summed E-state index contributed by atoms with van der Waals surface area (Å²) in [6.07, 6.45) is 1.13. The molecule has 0 aromatic heterocycles. The molecule has 0 saturated heterocycles. The topological polar surface area (TPSA) is 70.8 Å². The molecule has 2 unspecified atom stereocenters. The quantitative estimate of drug-likeness (QED) is 0.837. The molecule has 1 aromatic rings. The molecule has 1 aromatic carbocycles. The summed E-state index contributed by atoms with van der Waals surface area (Å²) < 4.78 is 15.7. The number of fused-ring (bicyclic) bond motifs is 1. The SMILES string of the molecule is COC(=O)CC(N)c1cc2c(cc1OC)CC(C)O2. The van der Waals surface area contributed by atoms with Gasteiger partial charge in [0.1, 0.15) is 17.6 Å². The van der Waals surface area contributed by atoms with Crippen LogP contribution in [0.3, 0.4) is 0 Å². The van der Waals surface area contributed by atoms with Crippen LogP contribution < -0.4 is 15.2 Å². The molecule has 0 fully saturated rings. The fourth-order valence-electron chi connectivity index (χ4n) is 2.29. The molecular formula is C14H19NO4. The van der Waals surface area contributed by atoms with Gasteiger partial charge in [0.05, 0.1) is 20.6 Å². The minimum Gasteiger partial charge on any atom is -0.496 e. The van der Waals surface area contributed by atoms with E-state index in [0.29, 0.717) is 5.75 Å². The van der Waals surface area contributed by atoms with Gasteiger partial charge in [0.2, 0.25) is 0 Å². The zero-order valence-electron chi connectivity index (χ0n) is 11.4. The van der Waals surface area contributed by atoms with E-state index in [-0.39, 0.29) is 18.5 Å². The van der Waals surface area contributed by atoms with Crippen LogP contribution in [0.25, 0.3) is 0 Å². The molecule has 0 amide bonds. The Morgan fingerprint density at radius 2 is 2.26 bits per heavy atom. The standard InChI is InChI=1S/C14H19NO4/c1-8-4-9-5-13(17-2)10(6-12(9)19-8)11(15)7-14(16)18-3/h5-6,8,11H,4,7,15H2,1-3H3. The van der Waals surface area contributed by atoms with Crippen LogP contribution in [0.5, 0.6) is 11.5 Å². The molecule has 5 heteroatoms. The lowest BCUT2D eigenvalue weighted by Crippen LogP contribution is -2.17. The van der Waals surface area contributed by atoms with Gasteiger partial charge in [-0.2, -0.15) is 0 Å². The Morgan fingerprint density at radius 3 is 2.89 bits per heavy atom. The van der Waals surface area contributed by atoms with Crippen molar-refractivity contribution in [3.05, 3.63) is 23.3 Å². The minimum atomic E-state index is -0.466. The number of ether oxygens (including phenoxy) is 3. The number of hydrogen-bond acceptors (Lipinski definition) is 5. The van der Waals surface area contributed by atoms with E-state index >= 15 is 0 Å². The number of methoxy groups -OCH3 is 2. The lowest BCUT2D eigenvalue weighted by molar-refractivity contribution is -0.141. The predicted molar refractivity (Wildman–Crippen MR) is 70.3 cm³/mol. The van der Waals surface area contributed by atoms with Crippen molar-refractivity contribution in [2.75, 3.05) is 14.2 Å². The zero-order valence-corrected chi connectivity index (χ0v) is 11.4. The number of carbonyl (C=O) groups excluding carboxylic acids is 1. The molecular weight excluding hydrogens is 246 g/mol. The Bertz CT molecular complexity index is 487. The summed E-state index contributed by atoms with van der Waals surface area (Å²) in [7, 11) is 2.94. The summed E-state index contributed by atoms with van der Waals surface area (Å²) in [5, 5.41) is 0. The van der Waals surface area contributed by atoms with Crippen LogP contribution in [0.2, 0.25) is 0 Å². The number of nitrogens with two attached hydrogens (primary N) is 1. The van der Waals surface area contributed by atoms with Crippen LogP contribution in [0.1, 0.15) is 30.5 Å². The molecule has 1 aliphatic heterocycles. The third kappa shape index (κ3) is 2.81. The summed E-state index contributed by atoms with van der Waals surface area (Å²) in [4.78, 5) is 11.3. The van der Waals surface area contributed by atoms with Crippen molar-refractivity contribution in [1.82, 2.24) is 0 Å². The van der Waals surface area contributed by atoms with Gasteiger partial charge in [-0.15, -0.1) is 0 Å². The van der Waals surface area contributed by atoms with E-state index in [0.717, 1.165) is 23.3 Å². The third-order valence-corrected chi connectivity index (χ3v) is 3.26. The Labute approximate surface area is 112 Å². The van der Waals surface area contributed by atoms with Gasteiger partial charge in [0.25, 0.3) is 0 Å². The van der Waals surface area contributed by atoms with Gasteiger partial charge in [-0.1, -0.05) is 0 Å². The van der Waals surface area contributed by atoms with Crippen LogP contribution >= 0.6 is 0 Å². The average molecular weight is 265 g/mol. The van der Waals surface area contributed by atoms with Crippen molar-refractivity contribution >= 4 is 5.97 Å². The summed E-state index contributed by atoms with van der Waals surface area (Å²) in [6, 6.07) is 3.34. The largest absolute Gasteiger partial charge is 0.496 e. The van der Waals surface area contributed by atoms with E-state index in [1.807, 2.05) is 19.1 Å². The molecule has 1 heterocycles. The first-order valence-electron chi connectivity index (χ1n) is 6.25. The van der Waals surface area contributed by atoms with Crippen LogP contribution in [0.4, 0.5) is 0 Å². The number of benzene rings is 1. The molecule has 2 atom stereocenters. The molecule has 0 radical (unpaired) electrons. The first kappa shape index (κ1) is 13.7. The summed E-state index contributed by atoms with van der Waals surface area (Å²) in [5.74, 6) is 1.17. The van der Waals surface area contributed by atoms with Crippen molar-refractivity contribution in [1.29, 1.82) is 0 Å². The normalized spacial score (nSPS) is 18.4. The predicted octanol–water partition coefficient (Wildman–Crippen LogP) is 1.58. The maximum atomic E-state index is 11.3. The first-order chi connectivity index (χ1) is 9.05. The van der Waals surface area contributed by atoms with E-state index in [4.69, 9.17) is 15.2 Å². The molecule has 2 N–H and O–H groups in total. The number of esters is 1. The summed E-state index contributed by atoms with van der Waals surface area (Å²) in [6.45, 7) is 2.01. The molecule has 104 valence electrons. The molecule has 0 spiro atoms. The number of hydrogen-bond donors (Lipinski definition) is 1. The van der Waals surface area contributed by atoms with Gasteiger partial charge in [-0.25, -0.2) is 0 Å². The first-order valence-corrected chi connectivity index (χ1v) is 6.25. The smallest absolute Gasteiger partial charge is 0.307 e. The molecule has 19 heavy (non-hydrogen) atoms. The Hall–Kier alpha value is -1.75. The van der Waals surface area contributed by atoms with Gasteiger partial charge in [-0.05, 0) is 19.1 Å². The van der Waals surface area contributed by atoms with Crippen molar-refractivity contribution in [3.63, 3.8) is 0 Å². The highest BCUT2D eigenvalue weighted by Crippen LogP contribution is 2.37. The summed E-state index contributed by atoms with van der Waals surface area (Å²) >= 11 is 0. The van der Waals surface area contributed by atoms with E-state index in [9.17, 15) is 4.79 Å². The van der Waals surface area contributed by atoms with E-state index in [1.54, 1.807) is 7.11 Å². The Kier molecular flexibility index (Phi) is 3.95. The molecule has 0 aliphatic carbocycles. The molecule has 0 bridgehead atoms. The number of carbonyl (C=O) groups is 1. The monoisotopic (exact) mass is 265 g/mol. The van der Waals surface area contributed by atoms with Gasteiger partial charge in [-0.3, -0.25) is 4.79 Å². The van der Waals surface area contributed by atoms with Gasteiger partial charge in [0.15, 0.2) is 0 Å². The van der Waals surface area contributed by atoms with E-state index in [1.165, 1.54) is 7.11 Å². The highest BCUT2D eigenvalue weighted by molar-refractivity contribution is 5.70. The van der Waals surface area contributed by atoms with Crippen molar-refractivity contribution < 1.29 is 19.0 Å². The van der Waals surface area contributed by atoms with Crippen LogP contribution in [-0.2, 0) is 16.0 Å². The fourth-order valence-corrected chi connectivity index (χ4v) is 2.29. The van der Waals surface area contributed by atoms with E-state index < -0.39 is 6.04 Å². The second-order valence-electron chi connectivity index (χ2n) is 4.72. The lowest BCUT2D eigenvalue weighted by Gasteiger charge is -2.16. The maximum Gasteiger partial charge on any atom is 0.307 e. The minimum absolute atomic E-state index is 0.112. The zero-order chi connectivity index (χ0) is 14.0. The van der Waals surface area contributed by atoms with Crippen molar-refractivity contribution in [2.24, 2.45) is 5.73 Å². The van der Waals surface area contributed by atoms with Crippen LogP contribution in [0.15, 0.2) is 12.1 Å². The van der Waals surface area contributed by atoms with Crippen LogP contribution in [0, 0.1) is 0 Å². The molecule has 5 nitrogen and oxygen atoms in total. The maximum absolute atomic E-state index is 11.3. The number of rotatable bonds is 4. The van der Waals surface area contributed by atoms with Gasteiger partial charge >= 0.3 is 5.97 Å². The van der Waals surface area contributed by atoms with Crippen LogP contribution in [-0.4, -0.2) is 26.3 Å². The van der Waals surface area contributed by atoms with E-state index in [2.05, 4.69) is 4.74 Å². The fraction of sp³-hybridized carbons (Fsp3) is 0.500. The second-order valence-corrected chi connectivity index (χ2v) is 4.72. The van der Waals surface area contributed by atoms with Crippen molar-refractivity contribution in [3.8, 4) is 11.5 Å².